The van der Waals surface area contributed by atoms with E-state index in [0.29, 0.717) is 25.7 Å². The van der Waals surface area contributed by atoms with E-state index in [9.17, 15) is 13.2 Å². The van der Waals surface area contributed by atoms with Gasteiger partial charge in [0.05, 0.1) is 16.4 Å². The fourth-order valence-corrected chi connectivity index (χ4v) is 3.59. The number of hydrogen-bond acceptors (Lipinski definition) is 4. The molecule has 1 aliphatic rings. The summed E-state index contributed by atoms with van der Waals surface area (Å²) in [5, 5.41) is 8.87. The molecule has 0 unspecified atom stereocenters. The van der Waals surface area contributed by atoms with Crippen molar-refractivity contribution in [1.82, 2.24) is 0 Å². The first-order chi connectivity index (χ1) is 9.36. The number of halogens is 2. The zero-order valence-corrected chi connectivity index (χ0v) is 15.5. The Bertz CT molecular complexity index is 459. The van der Waals surface area contributed by atoms with Crippen LogP contribution in [-0.2, 0) is 23.9 Å². The Kier molecular flexibility index (Phi) is 8.76. The molecular weight excluding hydrogens is 359 g/mol. The van der Waals surface area contributed by atoms with Crippen molar-refractivity contribution in [2.45, 2.75) is 51.2 Å². The molecule has 0 saturated heterocycles. The van der Waals surface area contributed by atoms with Gasteiger partial charge in [0, 0.05) is 21.4 Å². The van der Waals surface area contributed by atoms with E-state index in [-0.39, 0.29) is 17.6 Å². The zero-order chi connectivity index (χ0) is 16.8. The topological polar surface area (TPSA) is 88.5 Å². The minimum atomic E-state index is -3.08. The smallest absolute Gasteiger partial charge is 0.306 e. The fourth-order valence-electron chi connectivity index (χ4n) is 2.14. The molecule has 1 saturated carbocycles. The standard InChI is InChI=1S/C12H22O4S.Cl2OS/c1-12(2,3)17(15,16)8-9-4-6-10(7-5-9)11(13)14;1-4(2)3/h9-10H,4-8H2,1-3H3,(H,13,14);. The van der Waals surface area contributed by atoms with E-state index in [1.165, 1.54) is 0 Å². The molecule has 9 heteroatoms. The highest BCUT2D eigenvalue weighted by molar-refractivity contribution is 8.26. The maximum Gasteiger partial charge on any atom is 0.306 e. The Morgan fingerprint density at radius 3 is 1.86 bits per heavy atom. The lowest BCUT2D eigenvalue weighted by Crippen LogP contribution is -2.35. The highest BCUT2D eigenvalue weighted by Gasteiger charge is 2.34. The van der Waals surface area contributed by atoms with Crippen molar-refractivity contribution >= 4 is 46.4 Å². The van der Waals surface area contributed by atoms with Crippen molar-refractivity contribution < 1.29 is 22.5 Å². The molecule has 21 heavy (non-hydrogen) atoms. The van der Waals surface area contributed by atoms with Crippen LogP contribution < -0.4 is 0 Å². The third-order valence-electron chi connectivity index (χ3n) is 3.58. The van der Waals surface area contributed by atoms with E-state index < -0.39 is 29.8 Å². The largest absolute Gasteiger partial charge is 0.481 e. The number of carboxylic acids is 1. The van der Waals surface area contributed by atoms with E-state index >= 15 is 0 Å². The summed E-state index contributed by atoms with van der Waals surface area (Å²) in [6.45, 7) is 5.14. The Hall–Kier alpha value is 0.150. The van der Waals surface area contributed by atoms with Crippen LogP contribution >= 0.6 is 21.4 Å². The van der Waals surface area contributed by atoms with E-state index in [1.807, 2.05) is 0 Å². The monoisotopic (exact) mass is 380 g/mol. The molecule has 1 rings (SSSR count). The van der Waals surface area contributed by atoms with Crippen LogP contribution in [0.3, 0.4) is 0 Å². The quantitative estimate of drug-likeness (QED) is 0.759. The predicted molar refractivity (Wildman–Crippen MR) is 86.5 cm³/mol. The van der Waals surface area contributed by atoms with E-state index in [1.54, 1.807) is 20.8 Å². The minimum Gasteiger partial charge on any atom is -0.481 e. The van der Waals surface area contributed by atoms with Gasteiger partial charge >= 0.3 is 5.97 Å². The summed E-state index contributed by atoms with van der Waals surface area (Å²) < 4.78 is 32.4. The van der Waals surface area contributed by atoms with Gasteiger partial charge in [-0.3, -0.25) is 4.79 Å². The van der Waals surface area contributed by atoms with E-state index in [2.05, 4.69) is 21.4 Å². The van der Waals surface area contributed by atoms with Gasteiger partial charge in [-0.2, -0.15) is 0 Å². The average Bonchev–Trinajstić information content (AvgIpc) is 2.26. The van der Waals surface area contributed by atoms with Crippen LogP contribution in [0.15, 0.2) is 0 Å². The summed E-state index contributed by atoms with van der Waals surface area (Å²) >= 11 is 0. The van der Waals surface area contributed by atoms with Crippen LogP contribution in [0.2, 0.25) is 0 Å². The molecule has 0 radical (unpaired) electrons. The van der Waals surface area contributed by atoms with Gasteiger partial charge in [-0.25, -0.2) is 12.6 Å². The van der Waals surface area contributed by atoms with Gasteiger partial charge in [0.25, 0.3) is 0 Å². The Morgan fingerprint density at radius 2 is 1.57 bits per heavy atom. The second-order valence-corrected chi connectivity index (χ2v) is 11.4. The third kappa shape index (κ3) is 8.38. The first-order valence-corrected chi connectivity index (χ1v) is 11.0. The SMILES string of the molecule is CC(C)(C)S(=O)(=O)CC1CCC(C(=O)O)CC1.O=S(Cl)Cl. The second kappa shape index (κ2) is 8.70. The maximum absolute atomic E-state index is 12.0. The fraction of sp³-hybridized carbons (Fsp3) is 0.917. The van der Waals surface area contributed by atoms with Crippen LogP contribution in [0, 0.1) is 11.8 Å². The van der Waals surface area contributed by atoms with Gasteiger partial charge < -0.3 is 5.11 Å². The number of aliphatic carboxylic acids is 1. The Morgan fingerprint density at radius 1 is 1.19 bits per heavy atom. The lowest BCUT2D eigenvalue weighted by Gasteiger charge is -2.28. The van der Waals surface area contributed by atoms with E-state index in [0.717, 1.165) is 0 Å². The molecular formula is C12H22Cl2O5S2. The molecule has 0 aliphatic heterocycles. The van der Waals surface area contributed by atoms with Crippen molar-refractivity contribution in [3.05, 3.63) is 0 Å². The molecule has 1 fully saturated rings. The van der Waals surface area contributed by atoms with Gasteiger partial charge in [-0.15, -0.1) is 0 Å². The predicted octanol–water partition coefficient (Wildman–Crippen LogP) is 3.13. The molecule has 0 spiro atoms. The lowest BCUT2D eigenvalue weighted by molar-refractivity contribution is -0.143. The Labute approximate surface area is 137 Å². The first kappa shape index (κ1) is 21.1. The molecule has 126 valence electrons. The first-order valence-electron chi connectivity index (χ1n) is 6.56. The molecule has 1 N–H and O–H groups in total. The van der Waals surface area contributed by atoms with Crippen LogP contribution in [0.1, 0.15) is 46.5 Å². The molecule has 0 atom stereocenters. The summed E-state index contributed by atoms with van der Waals surface area (Å²) in [5.41, 5.74) is 0. The molecule has 0 aromatic rings. The zero-order valence-electron chi connectivity index (χ0n) is 12.3. The number of rotatable bonds is 3. The maximum atomic E-state index is 12.0. The highest BCUT2D eigenvalue weighted by Crippen LogP contribution is 2.31. The van der Waals surface area contributed by atoms with Crippen molar-refractivity contribution in [2.75, 3.05) is 5.75 Å². The van der Waals surface area contributed by atoms with Crippen molar-refractivity contribution in [1.29, 1.82) is 0 Å². The molecule has 5 nitrogen and oxygen atoms in total. The number of hydrogen-bond donors (Lipinski definition) is 1. The normalized spacial score (nSPS) is 23.3. The second-order valence-electron chi connectivity index (χ2n) is 6.13. The van der Waals surface area contributed by atoms with Gasteiger partial charge in [0.2, 0.25) is 9.23 Å². The summed E-state index contributed by atoms with van der Waals surface area (Å²) in [7, 11) is 4.28. The summed E-state index contributed by atoms with van der Waals surface area (Å²) in [4.78, 5) is 10.8. The number of carbonyl (C=O) groups is 1. The number of carboxylic acid groups (broad SMARTS) is 1. The molecule has 0 heterocycles. The van der Waals surface area contributed by atoms with Crippen molar-refractivity contribution in [3.63, 3.8) is 0 Å². The van der Waals surface area contributed by atoms with Crippen LogP contribution in [-0.4, -0.2) is 34.2 Å². The summed E-state index contributed by atoms with van der Waals surface area (Å²) in [5.74, 6) is -0.691. The number of sulfone groups is 1. The molecule has 0 amide bonds. The molecule has 0 aromatic carbocycles. The van der Waals surface area contributed by atoms with Crippen LogP contribution in [0.4, 0.5) is 0 Å². The van der Waals surface area contributed by atoms with Crippen molar-refractivity contribution in [3.8, 4) is 0 Å². The molecule has 0 bridgehead atoms. The third-order valence-corrected chi connectivity index (χ3v) is 6.36. The summed E-state index contributed by atoms with van der Waals surface area (Å²) in [6.07, 6.45) is 2.65. The van der Waals surface area contributed by atoms with E-state index in [4.69, 9.17) is 9.32 Å². The van der Waals surface area contributed by atoms with Gasteiger partial charge in [0.1, 0.15) is 0 Å². The van der Waals surface area contributed by atoms with Crippen LogP contribution in [0.25, 0.3) is 0 Å². The summed E-state index contributed by atoms with van der Waals surface area (Å²) in [6, 6.07) is 0. The van der Waals surface area contributed by atoms with Gasteiger partial charge in [0.15, 0.2) is 9.84 Å². The van der Waals surface area contributed by atoms with Crippen molar-refractivity contribution in [2.24, 2.45) is 11.8 Å². The van der Waals surface area contributed by atoms with Gasteiger partial charge in [-0.1, -0.05) is 0 Å². The average molecular weight is 381 g/mol. The minimum absolute atomic E-state index is 0.134. The Balaban J connectivity index is 0.000000885. The molecule has 1 aliphatic carbocycles. The highest BCUT2D eigenvalue weighted by atomic mass is 36.0. The lowest BCUT2D eigenvalue weighted by atomic mass is 9.83. The van der Waals surface area contributed by atoms with Crippen LogP contribution in [0.5, 0.6) is 0 Å². The van der Waals surface area contributed by atoms with Gasteiger partial charge in [-0.05, 0) is 52.4 Å². The molecule has 0 aromatic heterocycles.